The van der Waals surface area contributed by atoms with Gasteiger partial charge in [-0.25, -0.2) is 9.98 Å². The minimum absolute atomic E-state index is 0. The number of halogens is 3. The lowest BCUT2D eigenvalue weighted by molar-refractivity contribution is 0.0671. The predicted molar refractivity (Wildman–Crippen MR) is 124 cm³/mol. The van der Waals surface area contributed by atoms with Crippen LogP contribution in [0.15, 0.2) is 47.7 Å². The number of guanidine groups is 1. The van der Waals surface area contributed by atoms with Crippen molar-refractivity contribution in [2.24, 2.45) is 4.99 Å². The van der Waals surface area contributed by atoms with E-state index in [2.05, 4.69) is 51.6 Å². The lowest BCUT2D eigenvalue weighted by Crippen LogP contribution is -2.40. The summed E-state index contributed by atoms with van der Waals surface area (Å²) >= 11 is 0. The number of imidazole rings is 1. The molecule has 2 N–H and O–H groups in total. The van der Waals surface area contributed by atoms with E-state index in [4.69, 9.17) is 0 Å². The highest BCUT2D eigenvalue weighted by Crippen LogP contribution is 2.13. The molecule has 2 aromatic rings. The Bertz CT molecular complexity index is 723. The minimum Gasteiger partial charge on any atom is -0.357 e. The van der Waals surface area contributed by atoms with Gasteiger partial charge in [0.1, 0.15) is 12.4 Å². The second-order valence-electron chi connectivity index (χ2n) is 6.69. The third-order valence-electron chi connectivity index (χ3n) is 4.56. The van der Waals surface area contributed by atoms with E-state index in [0.717, 1.165) is 24.1 Å². The van der Waals surface area contributed by atoms with Crippen molar-refractivity contribution in [2.75, 3.05) is 20.1 Å². The van der Waals surface area contributed by atoms with Gasteiger partial charge in [0.15, 0.2) is 5.96 Å². The van der Waals surface area contributed by atoms with Crippen LogP contribution in [-0.2, 0) is 13.1 Å². The Hall–Kier alpha value is -1.75. The Balaban J connectivity index is 0.00000420. The molecule has 0 saturated heterocycles. The zero-order chi connectivity index (χ0) is 20.4. The SMILES string of the molecule is CCNC(=NCc1nccn1C(F)F)NCCC(C)N(C)Cc1ccccc1.I. The van der Waals surface area contributed by atoms with Crippen LogP contribution in [-0.4, -0.2) is 46.6 Å². The number of aliphatic imine (C=N–C) groups is 1. The predicted octanol–water partition coefficient (Wildman–Crippen LogP) is 3.86. The normalized spacial score (nSPS) is 12.7. The molecule has 0 aliphatic heterocycles. The number of rotatable bonds is 10. The smallest absolute Gasteiger partial charge is 0.319 e. The largest absolute Gasteiger partial charge is 0.357 e. The summed E-state index contributed by atoms with van der Waals surface area (Å²) in [7, 11) is 2.11. The van der Waals surface area contributed by atoms with Crippen molar-refractivity contribution in [1.82, 2.24) is 25.1 Å². The van der Waals surface area contributed by atoms with Gasteiger partial charge in [-0.3, -0.25) is 9.47 Å². The Morgan fingerprint density at radius 1 is 1.24 bits per heavy atom. The van der Waals surface area contributed by atoms with E-state index in [9.17, 15) is 8.78 Å². The van der Waals surface area contributed by atoms with E-state index >= 15 is 0 Å². The summed E-state index contributed by atoms with van der Waals surface area (Å²) in [5, 5.41) is 6.41. The van der Waals surface area contributed by atoms with Crippen LogP contribution < -0.4 is 10.6 Å². The molecule has 0 aliphatic carbocycles. The Labute approximate surface area is 188 Å². The molecule has 6 nitrogen and oxygen atoms in total. The third-order valence-corrected chi connectivity index (χ3v) is 4.56. The summed E-state index contributed by atoms with van der Waals surface area (Å²) in [6.45, 7) is 3.96. The Kier molecular flexibility index (Phi) is 11.7. The van der Waals surface area contributed by atoms with Crippen molar-refractivity contribution in [3.63, 3.8) is 0 Å². The van der Waals surface area contributed by atoms with E-state index in [1.165, 1.54) is 18.0 Å². The molecule has 0 spiro atoms. The molecule has 162 valence electrons. The third kappa shape index (κ3) is 8.65. The quantitative estimate of drug-likeness (QED) is 0.284. The van der Waals surface area contributed by atoms with Crippen molar-refractivity contribution in [2.45, 2.75) is 45.9 Å². The average Bonchev–Trinajstić information content (AvgIpc) is 3.15. The van der Waals surface area contributed by atoms with Gasteiger partial charge in [0, 0.05) is 38.1 Å². The zero-order valence-corrected chi connectivity index (χ0v) is 19.5. The monoisotopic (exact) mass is 520 g/mol. The lowest BCUT2D eigenvalue weighted by atomic mass is 10.1. The summed E-state index contributed by atoms with van der Waals surface area (Å²) < 4.78 is 26.6. The summed E-state index contributed by atoms with van der Waals surface area (Å²) in [4.78, 5) is 10.6. The van der Waals surface area contributed by atoms with Crippen LogP contribution in [0, 0.1) is 0 Å². The molecule has 1 atom stereocenters. The van der Waals surface area contributed by atoms with Crippen LogP contribution in [0.2, 0.25) is 0 Å². The molecule has 9 heteroatoms. The minimum atomic E-state index is -2.61. The van der Waals surface area contributed by atoms with Crippen LogP contribution >= 0.6 is 24.0 Å². The average molecular weight is 520 g/mol. The number of alkyl halides is 2. The molecule has 1 heterocycles. The van der Waals surface area contributed by atoms with Crippen LogP contribution in [0.1, 0.15) is 38.2 Å². The maximum absolute atomic E-state index is 12.9. The Morgan fingerprint density at radius 3 is 2.62 bits per heavy atom. The maximum atomic E-state index is 12.9. The summed E-state index contributed by atoms with van der Waals surface area (Å²) in [6.07, 6.45) is 3.56. The first-order valence-electron chi connectivity index (χ1n) is 9.57. The molecule has 2 rings (SSSR count). The number of hydrogen-bond donors (Lipinski definition) is 2. The molecule has 0 radical (unpaired) electrons. The first-order chi connectivity index (χ1) is 13.5. The Morgan fingerprint density at radius 2 is 1.97 bits per heavy atom. The molecule has 0 saturated carbocycles. The highest BCUT2D eigenvalue weighted by molar-refractivity contribution is 14.0. The molecular formula is C20H31F2IN6. The van der Waals surface area contributed by atoms with Gasteiger partial charge in [-0.15, -0.1) is 24.0 Å². The number of aromatic nitrogens is 2. The molecule has 29 heavy (non-hydrogen) atoms. The zero-order valence-electron chi connectivity index (χ0n) is 17.2. The van der Waals surface area contributed by atoms with Crippen LogP contribution in [0.5, 0.6) is 0 Å². The van der Waals surface area contributed by atoms with E-state index in [1.54, 1.807) is 0 Å². The van der Waals surface area contributed by atoms with Crippen molar-refractivity contribution in [1.29, 1.82) is 0 Å². The standard InChI is InChI=1S/C20H30F2N6.HI/c1-4-23-20(26-14-18-24-12-13-28(18)19(21)22)25-11-10-16(2)27(3)15-17-8-6-5-7-9-17;/h5-9,12-13,16,19H,4,10-11,14-15H2,1-3H3,(H2,23,25,26);1H. The molecule has 1 aromatic carbocycles. The van der Waals surface area contributed by atoms with Gasteiger partial charge in [-0.2, -0.15) is 8.78 Å². The first-order valence-corrected chi connectivity index (χ1v) is 9.57. The van der Waals surface area contributed by atoms with Crippen LogP contribution in [0.3, 0.4) is 0 Å². The number of nitrogens with zero attached hydrogens (tertiary/aromatic N) is 4. The fraction of sp³-hybridized carbons (Fsp3) is 0.500. The number of hydrogen-bond acceptors (Lipinski definition) is 3. The molecule has 0 amide bonds. The van der Waals surface area contributed by atoms with E-state index < -0.39 is 6.55 Å². The van der Waals surface area contributed by atoms with Gasteiger partial charge < -0.3 is 10.6 Å². The van der Waals surface area contributed by atoms with Crippen molar-refractivity contribution >= 4 is 29.9 Å². The summed E-state index contributed by atoms with van der Waals surface area (Å²) in [5.41, 5.74) is 1.29. The van der Waals surface area contributed by atoms with Gasteiger partial charge in [0.25, 0.3) is 0 Å². The lowest BCUT2D eigenvalue weighted by Gasteiger charge is -2.25. The number of benzene rings is 1. The molecule has 0 aliphatic rings. The summed E-state index contributed by atoms with van der Waals surface area (Å²) in [5.74, 6) is 0.840. The van der Waals surface area contributed by atoms with Gasteiger partial charge >= 0.3 is 6.55 Å². The molecule has 1 aromatic heterocycles. The molecular weight excluding hydrogens is 489 g/mol. The van der Waals surface area contributed by atoms with E-state index in [-0.39, 0.29) is 36.3 Å². The van der Waals surface area contributed by atoms with E-state index in [1.807, 2.05) is 25.1 Å². The van der Waals surface area contributed by atoms with Gasteiger partial charge in [-0.1, -0.05) is 30.3 Å². The van der Waals surface area contributed by atoms with Crippen molar-refractivity contribution < 1.29 is 8.78 Å². The number of nitrogens with one attached hydrogen (secondary N) is 2. The van der Waals surface area contributed by atoms with Crippen LogP contribution in [0.25, 0.3) is 0 Å². The highest BCUT2D eigenvalue weighted by Gasteiger charge is 2.12. The van der Waals surface area contributed by atoms with Crippen LogP contribution in [0.4, 0.5) is 8.78 Å². The van der Waals surface area contributed by atoms with Gasteiger partial charge in [0.05, 0.1) is 0 Å². The van der Waals surface area contributed by atoms with E-state index in [0.29, 0.717) is 18.5 Å². The fourth-order valence-electron chi connectivity index (χ4n) is 2.78. The van der Waals surface area contributed by atoms with Crippen molar-refractivity contribution in [3.05, 3.63) is 54.1 Å². The molecule has 0 fully saturated rings. The maximum Gasteiger partial charge on any atom is 0.319 e. The molecule has 1 unspecified atom stereocenters. The second-order valence-corrected chi connectivity index (χ2v) is 6.69. The topological polar surface area (TPSA) is 57.5 Å². The first kappa shape index (κ1) is 25.3. The van der Waals surface area contributed by atoms with Gasteiger partial charge in [-0.05, 0) is 32.9 Å². The highest BCUT2D eigenvalue weighted by atomic mass is 127. The van der Waals surface area contributed by atoms with Gasteiger partial charge in [0.2, 0.25) is 0 Å². The molecule has 0 bridgehead atoms. The summed E-state index contributed by atoms with van der Waals surface area (Å²) in [6, 6.07) is 10.8. The van der Waals surface area contributed by atoms with Crippen molar-refractivity contribution in [3.8, 4) is 0 Å². The fourth-order valence-corrected chi connectivity index (χ4v) is 2.78. The second kappa shape index (κ2) is 13.5.